The van der Waals surface area contributed by atoms with Crippen LogP contribution in [0.3, 0.4) is 0 Å². The van der Waals surface area contributed by atoms with Crippen LogP contribution in [-0.2, 0) is 23.9 Å². The van der Waals surface area contributed by atoms with Gasteiger partial charge in [0.2, 0.25) is 11.8 Å². The third-order valence-corrected chi connectivity index (χ3v) is 10.5. The molecule has 2 rings (SSSR count). The molecule has 8 nitrogen and oxygen atoms in total. The molecule has 0 spiro atoms. The van der Waals surface area contributed by atoms with Crippen molar-refractivity contribution in [2.75, 3.05) is 13.2 Å². The first-order valence-corrected chi connectivity index (χ1v) is 19.5. The lowest BCUT2D eigenvalue weighted by Gasteiger charge is -2.45. The Morgan fingerprint density at radius 2 is 1.36 bits per heavy atom. The Kier molecular flexibility index (Phi) is 19.5. The molecule has 5 unspecified atom stereocenters. The van der Waals surface area contributed by atoms with E-state index in [0.717, 1.165) is 44.9 Å². The van der Waals surface area contributed by atoms with Crippen molar-refractivity contribution < 1.29 is 29.0 Å². The van der Waals surface area contributed by atoms with Gasteiger partial charge in [-0.15, -0.1) is 0 Å². The monoisotopic (exact) mass is 665 g/mol. The molecule has 2 fully saturated rings. The molecule has 0 aromatic carbocycles. The molecule has 1 heterocycles. The van der Waals surface area contributed by atoms with Crippen LogP contribution in [0.25, 0.3) is 0 Å². The number of carbonyl (C=O) groups excluding carboxylic acids is 2. The van der Waals surface area contributed by atoms with Gasteiger partial charge in [-0.05, 0) is 51.9 Å². The number of carboxylic acids is 1. The minimum atomic E-state index is -0.906. The summed E-state index contributed by atoms with van der Waals surface area (Å²) in [7, 11) is 0. The lowest BCUT2D eigenvalue weighted by atomic mass is 9.77. The van der Waals surface area contributed by atoms with Crippen molar-refractivity contribution in [3.63, 3.8) is 0 Å². The van der Waals surface area contributed by atoms with E-state index in [1.54, 1.807) is 13.8 Å². The maximum atomic E-state index is 13.4. The predicted octanol–water partition coefficient (Wildman–Crippen LogP) is 8.94. The van der Waals surface area contributed by atoms with Crippen molar-refractivity contribution in [2.24, 2.45) is 23.2 Å². The Labute approximate surface area is 287 Å². The Bertz CT molecular complexity index is 906. The molecule has 1 saturated carbocycles. The number of ether oxygens (including phenoxy) is 2. The number of carboxylic acid groups (broad SMARTS) is 1. The van der Waals surface area contributed by atoms with Gasteiger partial charge in [-0.3, -0.25) is 14.4 Å². The number of unbranched alkanes of at least 4 members (excludes halogenated alkanes) is 13. The third-order valence-electron chi connectivity index (χ3n) is 10.5. The van der Waals surface area contributed by atoms with E-state index < -0.39 is 29.2 Å². The van der Waals surface area contributed by atoms with E-state index in [2.05, 4.69) is 24.5 Å². The maximum absolute atomic E-state index is 13.4. The summed E-state index contributed by atoms with van der Waals surface area (Å²) < 4.78 is 11.7. The summed E-state index contributed by atoms with van der Waals surface area (Å²) in [6.45, 7) is 12.2. The van der Waals surface area contributed by atoms with Gasteiger partial charge in [0, 0.05) is 23.9 Å². The van der Waals surface area contributed by atoms with E-state index in [-0.39, 0.29) is 36.2 Å². The third kappa shape index (κ3) is 16.1. The van der Waals surface area contributed by atoms with Gasteiger partial charge < -0.3 is 25.2 Å². The van der Waals surface area contributed by atoms with Crippen molar-refractivity contribution in [1.82, 2.24) is 10.6 Å². The molecule has 0 aromatic heterocycles. The van der Waals surface area contributed by atoms with Crippen LogP contribution in [0, 0.1) is 23.2 Å². The summed E-state index contributed by atoms with van der Waals surface area (Å²) in [6, 6.07) is -0.0203. The molecule has 5 atom stereocenters. The second kappa shape index (κ2) is 22.1. The molecule has 1 aliphatic heterocycles. The molecule has 47 heavy (non-hydrogen) atoms. The molecule has 274 valence electrons. The van der Waals surface area contributed by atoms with Crippen molar-refractivity contribution >= 4 is 17.8 Å². The Morgan fingerprint density at radius 3 is 1.91 bits per heavy atom. The first-order chi connectivity index (χ1) is 22.4. The van der Waals surface area contributed by atoms with Gasteiger partial charge in [0.15, 0.2) is 5.79 Å². The van der Waals surface area contributed by atoms with E-state index in [4.69, 9.17) is 9.47 Å². The molecule has 1 aliphatic carbocycles. The normalized spacial score (nSPS) is 23.5. The summed E-state index contributed by atoms with van der Waals surface area (Å²) >= 11 is 0. The lowest BCUT2D eigenvalue weighted by Crippen LogP contribution is -2.57. The van der Waals surface area contributed by atoms with Gasteiger partial charge in [-0.1, -0.05) is 130 Å². The smallest absolute Gasteiger partial charge is 0.308 e. The standard InChI is InChI=1S/C39H72N2O6/c1-7-9-10-11-12-13-14-15-16-17-18-19-20-21-24-30(23-8-2)35(42)41-32-26-22-25-31(27-32)33(37(44)45)28-40-36(43)34-38(3,4)29-46-39(5,6)47-34/h30-34H,7-29H2,1-6H3,(H,40,43)(H,41,42)(H,44,45). The molecular formula is C39H72N2O6. The number of nitrogens with one attached hydrogen (secondary N) is 2. The van der Waals surface area contributed by atoms with E-state index >= 15 is 0 Å². The van der Waals surface area contributed by atoms with Gasteiger partial charge in [-0.2, -0.15) is 0 Å². The Morgan fingerprint density at radius 1 is 0.787 bits per heavy atom. The minimum Gasteiger partial charge on any atom is -0.481 e. The van der Waals surface area contributed by atoms with Crippen LogP contribution in [0.1, 0.15) is 176 Å². The molecule has 1 saturated heterocycles. The number of hydrogen-bond acceptors (Lipinski definition) is 5. The quantitative estimate of drug-likeness (QED) is 0.0888. The molecule has 0 bridgehead atoms. The Hall–Kier alpha value is -1.67. The van der Waals surface area contributed by atoms with E-state index in [1.807, 2.05) is 13.8 Å². The fraction of sp³-hybridized carbons (Fsp3) is 0.923. The lowest BCUT2D eigenvalue weighted by molar-refractivity contribution is -0.304. The fourth-order valence-corrected chi connectivity index (χ4v) is 7.46. The molecule has 0 radical (unpaired) electrons. The molecule has 2 aliphatic rings. The fourth-order valence-electron chi connectivity index (χ4n) is 7.46. The summed E-state index contributed by atoms with van der Waals surface area (Å²) in [5.74, 6) is -2.74. The zero-order valence-corrected chi connectivity index (χ0v) is 31.1. The van der Waals surface area contributed by atoms with Gasteiger partial charge >= 0.3 is 5.97 Å². The van der Waals surface area contributed by atoms with E-state index in [9.17, 15) is 19.5 Å². The number of hydrogen-bond donors (Lipinski definition) is 3. The molecule has 8 heteroatoms. The highest BCUT2D eigenvalue weighted by Gasteiger charge is 2.46. The average Bonchev–Trinajstić information content (AvgIpc) is 3.02. The van der Waals surface area contributed by atoms with Crippen molar-refractivity contribution in [3.8, 4) is 0 Å². The first-order valence-electron chi connectivity index (χ1n) is 19.5. The maximum Gasteiger partial charge on any atom is 0.308 e. The summed E-state index contributed by atoms with van der Waals surface area (Å²) in [6.07, 6.45) is 23.8. The van der Waals surface area contributed by atoms with Crippen LogP contribution in [0.5, 0.6) is 0 Å². The largest absolute Gasteiger partial charge is 0.481 e. The highest BCUT2D eigenvalue weighted by molar-refractivity contribution is 5.82. The highest BCUT2D eigenvalue weighted by atomic mass is 16.7. The zero-order valence-electron chi connectivity index (χ0n) is 31.1. The zero-order chi connectivity index (χ0) is 34.7. The van der Waals surface area contributed by atoms with Crippen LogP contribution in [0.4, 0.5) is 0 Å². The van der Waals surface area contributed by atoms with Gasteiger partial charge in [0.05, 0.1) is 12.5 Å². The second-order valence-corrected chi connectivity index (χ2v) is 15.9. The van der Waals surface area contributed by atoms with Crippen LogP contribution in [0.15, 0.2) is 0 Å². The molecule has 0 aromatic rings. The average molecular weight is 665 g/mol. The number of aliphatic carboxylic acids is 1. The van der Waals surface area contributed by atoms with Crippen LogP contribution in [0.2, 0.25) is 0 Å². The highest BCUT2D eigenvalue weighted by Crippen LogP contribution is 2.35. The first kappa shape index (κ1) is 41.5. The molecule has 2 amide bonds. The van der Waals surface area contributed by atoms with Crippen LogP contribution >= 0.6 is 0 Å². The molecule has 3 N–H and O–H groups in total. The summed E-state index contributed by atoms with van der Waals surface area (Å²) in [4.78, 5) is 38.9. The van der Waals surface area contributed by atoms with Crippen molar-refractivity contribution in [2.45, 2.75) is 194 Å². The van der Waals surface area contributed by atoms with E-state index in [1.165, 1.54) is 83.5 Å². The summed E-state index contributed by atoms with van der Waals surface area (Å²) in [5, 5.41) is 16.3. The van der Waals surface area contributed by atoms with Gasteiger partial charge in [0.25, 0.3) is 0 Å². The number of rotatable bonds is 24. The van der Waals surface area contributed by atoms with E-state index in [0.29, 0.717) is 13.0 Å². The topological polar surface area (TPSA) is 114 Å². The predicted molar refractivity (Wildman–Crippen MR) is 190 cm³/mol. The van der Waals surface area contributed by atoms with Gasteiger partial charge in [0.1, 0.15) is 6.10 Å². The number of amides is 2. The number of carbonyl (C=O) groups is 3. The minimum absolute atomic E-state index is 0.0203. The Balaban J connectivity index is 1.72. The van der Waals surface area contributed by atoms with Crippen molar-refractivity contribution in [1.29, 1.82) is 0 Å². The van der Waals surface area contributed by atoms with Crippen molar-refractivity contribution in [3.05, 3.63) is 0 Å². The summed E-state index contributed by atoms with van der Waals surface area (Å²) in [5.41, 5.74) is -0.528. The van der Waals surface area contributed by atoms with Gasteiger partial charge in [-0.25, -0.2) is 0 Å². The SMILES string of the molecule is CCCCCCCCCCCCCCCCC(CCC)C(=O)NC1CCCC(C(CNC(=O)C2OC(C)(C)OCC2(C)C)C(=O)O)C1. The van der Waals surface area contributed by atoms with Crippen LogP contribution < -0.4 is 10.6 Å². The molecular weight excluding hydrogens is 592 g/mol. The second-order valence-electron chi connectivity index (χ2n) is 15.9. The van der Waals surface area contributed by atoms with Crippen LogP contribution in [-0.4, -0.2) is 54.0 Å².